The van der Waals surface area contributed by atoms with Gasteiger partial charge in [-0.25, -0.2) is 0 Å². The maximum absolute atomic E-state index is 10.5. The number of aryl methyl sites for hydroxylation is 1. The Morgan fingerprint density at radius 1 is 1.29 bits per heavy atom. The number of aldehydes is 1. The van der Waals surface area contributed by atoms with E-state index in [9.17, 15) is 4.79 Å². The molecule has 2 rings (SSSR count). The van der Waals surface area contributed by atoms with Crippen molar-refractivity contribution in [3.05, 3.63) is 23.3 Å². The summed E-state index contributed by atoms with van der Waals surface area (Å²) in [6.07, 6.45) is 4.13. The number of ether oxygens (including phenoxy) is 2. The van der Waals surface area contributed by atoms with Gasteiger partial charge < -0.3 is 14.3 Å². The van der Waals surface area contributed by atoms with Gasteiger partial charge in [0.25, 0.3) is 0 Å². The molecule has 0 fully saturated rings. The largest absolute Gasteiger partial charge is 0.490 e. The highest BCUT2D eigenvalue weighted by Crippen LogP contribution is 2.36. The molecule has 1 aliphatic heterocycles. The summed E-state index contributed by atoms with van der Waals surface area (Å²) in [7, 11) is 0. The third-order valence-electron chi connectivity index (χ3n) is 3.00. The highest BCUT2D eigenvalue weighted by Gasteiger charge is 2.16. The van der Waals surface area contributed by atoms with Crippen LogP contribution in [0, 0.1) is 0 Å². The van der Waals surface area contributed by atoms with E-state index < -0.39 is 0 Å². The molecule has 1 aliphatic rings. The molecule has 0 amide bonds. The smallest absolute Gasteiger partial charge is 0.164 e. The number of hydrogen-bond acceptors (Lipinski definition) is 3. The van der Waals surface area contributed by atoms with E-state index in [1.807, 2.05) is 6.07 Å². The van der Waals surface area contributed by atoms with Gasteiger partial charge in [-0.05, 0) is 24.5 Å². The Bertz CT molecular complexity index is 399. The van der Waals surface area contributed by atoms with Gasteiger partial charge >= 0.3 is 0 Å². The quantitative estimate of drug-likeness (QED) is 0.751. The first kappa shape index (κ1) is 12.0. The minimum absolute atomic E-state index is 0.562. The third kappa shape index (κ3) is 2.60. The lowest BCUT2D eigenvalue weighted by Crippen LogP contribution is -2.01. The molecule has 17 heavy (non-hydrogen) atoms. The average molecular weight is 234 g/mol. The van der Waals surface area contributed by atoms with E-state index in [1.165, 1.54) is 11.1 Å². The Hall–Kier alpha value is -1.51. The van der Waals surface area contributed by atoms with Gasteiger partial charge in [-0.3, -0.25) is 0 Å². The fourth-order valence-corrected chi connectivity index (χ4v) is 2.17. The molecule has 0 aromatic heterocycles. The molecule has 0 atom stereocenters. The summed E-state index contributed by atoms with van der Waals surface area (Å²) < 4.78 is 11.4. The van der Waals surface area contributed by atoms with Crippen molar-refractivity contribution in [3.8, 4) is 11.5 Å². The number of fused-ring (bicyclic) bond motifs is 1. The molecule has 0 radical (unpaired) electrons. The lowest BCUT2D eigenvalue weighted by Gasteiger charge is -2.15. The summed E-state index contributed by atoms with van der Waals surface area (Å²) in [6, 6.07) is 4.01. The van der Waals surface area contributed by atoms with Crippen LogP contribution in [0.3, 0.4) is 0 Å². The van der Waals surface area contributed by atoms with Gasteiger partial charge in [0.05, 0.1) is 13.2 Å². The van der Waals surface area contributed by atoms with Gasteiger partial charge in [0, 0.05) is 18.4 Å². The second kappa shape index (κ2) is 5.71. The number of benzene rings is 1. The third-order valence-corrected chi connectivity index (χ3v) is 3.00. The summed E-state index contributed by atoms with van der Waals surface area (Å²) >= 11 is 0. The molecule has 1 aromatic rings. The molecule has 3 heteroatoms. The lowest BCUT2D eigenvalue weighted by molar-refractivity contribution is -0.107. The van der Waals surface area contributed by atoms with Crippen LogP contribution in [0.4, 0.5) is 0 Å². The van der Waals surface area contributed by atoms with Gasteiger partial charge in [-0.1, -0.05) is 13.0 Å². The zero-order valence-electron chi connectivity index (χ0n) is 10.2. The van der Waals surface area contributed by atoms with Crippen LogP contribution in [0.2, 0.25) is 0 Å². The van der Waals surface area contributed by atoms with Crippen LogP contribution in [0.5, 0.6) is 11.5 Å². The van der Waals surface area contributed by atoms with Gasteiger partial charge in [0.15, 0.2) is 11.5 Å². The Labute approximate surface area is 102 Å². The minimum atomic E-state index is 0.562. The Morgan fingerprint density at radius 3 is 2.88 bits per heavy atom. The summed E-state index contributed by atoms with van der Waals surface area (Å²) in [6.45, 7) is 3.52. The Kier molecular flexibility index (Phi) is 4.02. The molecule has 0 aliphatic carbocycles. The highest BCUT2D eigenvalue weighted by atomic mass is 16.5. The fourth-order valence-electron chi connectivity index (χ4n) is 2.17. The van der Waals surface area contributed by atoms with Crippen molar-refractivity contribution in [2.45, 2.75) is 32.6 Å². The summed E-state index contributed by atoms with van der Waals surface area (Å²) in [5.41, 5.74) is 2.38. The SMILES string of the molecule is CCc1c(CCC=O)ccc2c1OCCCO2. The number of rotatable bonds is 4. The van der Waals surface area contributed by atoms with Crippen LogP contribution in [0.15, 0.2) is 12.1 Å². The first-order valence-corrected chi connectivity index (χ1v) is 6.20. The van der Waals surface area contributed by atoms with Crippen LogP contribution < -0.4 is 9.47 Å². The van der Waals surface area contributed by atoms with Crippen LogP contribution >= 0.6 is 0 Å². The van der Waals surface area contributed by atoms with Crippen molar-refractivity contribution in [2.75, 3.05) is 13.2 Å². The van der Waals surface area contributed by atoms with Gasteiger partial charge in [0.2, 0.25) is 0 Å². The zero-order valence-corrected chi connectivity index (χ0v) is 10.2. The predicted molar refractivity (Wildman–Crippen MR) is 65.8 cm³/mol. The van der Waals surface area contributed by atoms with E-state index in [1.54, 1.807) is 0 Å². The number of hydrogen-bond donors (Lipinski definition) is 0. The predicted octanol–water partition coefficient (Wildman–Crippen LogP) is 2.54. The van der Waals surface area contributed by atoms with E-state index in [-0.39, 0.29) is 0 Å². The first-order chi connectivity index (χ1) is 8.36. The van der Waals surface area contributed by atoms with Gasteiger partial charge in [-0.15, -0.1) is 0 Å². The van der Waals surface area contributed by atoms with E-state index in [0.717, 1.165) is 37.0 Å². The van der Waals surface area contributed by atoms with Crippen molar-refractivity contribution >= 4 is 6.29 Å². The molecule has 0 bridgehead atoms. The molecule has 0 spiro atoms. The molecule has 1 heterocycles. The summed E-state index contributed by atoms with van der Waals surface area (Å²) in [4.78, 5) is 10.5. The van der Waals surface area contributed by atoms with Gasteiger partial charge in [0.1, 0.15) is 6.29 Å². The Morgan fingerprint density at radius 2 is 2.12 bits per heavy atom. The molecule has 0 saturated carbocycles. The highest BCUT2D eigenvalue weighted by molar-refractivity contribution is 5.54. The van der Waals surface area contributed by atoms with E-state index in [2.05, 4.69) is 13.0 Å². The van der Waals surface area contributed by atoms with Crippen LogP contribution in [0.25, 0.3) is 0 Å². The summed E-state index contributed by atoms with van der Waals surface area (Å²) in [5, 5.41) is 0. The standard InChI is InChI=1S/C14H18O3/c1-2-12-11(5-3-8-15)6-7-13-14(12)17-10-4-9-16-13/h6-8H,2-5,9-10H2,1H3. The second-order valence-corrected chi connectivity index (χ2v) is 4.14. The van der Waals surface area contributed by atoms with Crippen molar-refractivity contribution in [2.24, 2.45) is 0 Å². The van der Waals surface area contributed by atoms with E-state index in [0.29, 0.717) is 19.6 Å². The van der Waals surface area contributed by atoms with Crippen LogP contribution in [0.1, 0.15) is 30.9 Å². The van der Waals surface area contributed by atoms with Gasteiger partial charge in [-0.2, -0.15) is 0 Å². The number of carbonyl (C=O) groups excluding carboxylic acids is 1. The lowest BCUT2D eigenvalue weighted by atomic mass is 9.99. The molecule has 1 aromatic carbocycles. The molecule has 0 unspecified atom stereocenters. The van der Waals surface area contributed by atoms with E-state index >= 15 is 0 Å². The zero-order chi connectivity index (χ0) is 12.1. The van der Waals surface area contributed by atoms with Crippen molar-refractivity contribution in [1.82, 2.24) is 0 Å². The maximum Gasteiger partial charge on any atom is 0.164 e. The molecule has 0 saturated heterocycles. The van der Waals surface area contributed by atoms with Crippen molar-refractivity contribution in [3.63, 3.8) is 0 Å². The normalized spacial score (nSPS) is 14.2. The maximum atomic E-state index is 10.5. The Balaban J connectivity index is 2.35. The minimum Gasteiger partial charge on any atom is -0.490 e. The molecule has 3 nitrogen and oxygen atoms in total. The monoisotopic (exact) mass is 234 g/mol. The molecule has 92 valence electrons. The first-order valence-electron chi connectivity index (χ1n) is 6.20. The fraction of sp³-hybridized carbons (Fsp3) is 0.500. The summed E-state index contributed by atoms with van der Waals surface area (Å²) in [5.74, 6) is 1.72. The van der Waals surface area contributed by atoms with Crippen LogP contribution in [-0.4, -0.2) is 19.5 Å². The second-order valence-electron chi connectivity index (χ2n) is 4.14. The van der Waals surface area contributed by atoms with Crippen molar-refractivity contribution in [1.29, 1.82) is 0 Å². The topological polar surface area (TPSA) is 35.5 Å². The van der Waals surface area contributed by atoms with E-state index in [4.69, 9.17) is 9.47 Å². The molecule has 0 N–H and O–H groups in total. The van der Waals surface area contributed by atoms with Crippen LogP contribution in [-0.2, 0) is 17.6 Å². The molecular weight excluding hydrogens is 216 g/mol. The molecular formula is C14H18O3. The average Bonchev–Trinajstić information content (AvgIpc) is 2.60. The van der Waals surface area contributed by atoms with Crippen molar-refractivity contribution < 1.29 is 14.3 Å². The number of carbonyl (C=O) groups is 1.